The number of hydrogen-bond donors (Lipinski definition) is 2. The van der Waals surface area contributed by atoms with Crippen molar-refractivity contribution in [2.75, 3.05) is 19.6 Å². The lowest BCUT2D eigenvalue weighted by Gasteiger charge is -2.53. The summed E-state index contributed by atoms with van der Waals surface area (Å²) in [5.41, 5.74) is 0. The Morgan fingerprint density at radius 3 is 2.29 bits per heavy atom. The van der Waals surface area contributed by atoms with E-state index in [9.17, 15) is 4.79 Å². The van der Waals surface area contributed by atoms with Crippen molar-refractivity contribution in [3.05, 3.63) is 0 Å². The summed E-state index contributed by atoms with van der Waals surface area (Å²) in [6.07, 6.45) is 9.38. The van der Waals surface area contributed by atoms with Crippen LogP contribution < -0.4 is 10.6 Å². The molecule has 1 unspecified atom stereocenters. The molecule has 1 aliphatic heterocycles. The zero-order valence-electron chi connectivity index (χ0n) is 12.9. The fraction of sp³-hybridized carbons (Fsp3) is 0.941. The first-order valence-electron chi connectivity index (χ1n) is 8.78. The van der Waals surface area contributed by atoms with Crippen molar-refractivity contribution in [2.45, 2.75) is 44.9 Å². The van der Waals surface area contributed by atoms with E-state index in [0.717, 1.165) is 43.3 Å². The second kappa shape index (κ2) is 6.45. The number of amides is 1. The van der Waals surface area contributed by atoms with Crippen molar-refractivity contribution in [3.63, 3.8) is 0 Å². The standard InChI is InChI=1S/C17H28N2O.ClH/c20-17(19-10-11-2-1-3-18-9-11)16-14-5-12-4-13(7-14)8-15(16)6-12;/h11-16,18H,1-10H2,(H,19,20);1H. The summed E-state index contributed by atoms with van der Waals surface area (Å²) < 4.78 is 0. The van der Waals surface area contributed by atoms with Crippen molar-refractivity contribution in [3.8, 4) is 0 Å². The van der Waals surface area contributed by atoms with E-state index in [1.807, 2.05) is 0 Å². The summed E-state index contributed by atoms with van der Waals surface area (Å²) in [6, 6.07) is 0. The van der Waals surface area contributed by atoms with Gasteiger partial charge in [0.15, 0.2) is 0 Å². The summed E-state index contributed by atoms with van der Waals surface area (Å²) in [4.78, 5) is 12.6. The maximum absolute atomic E-state index is 12.6. The Labute approximate surface area is 134 Å². The lowest BCUT2D eigenvalue weighted by molar-refractivity contribution is -0.138. The van der Waals surface area contributed by atoms with Crippen LogP contribution in [0.15, 0.2) is 0 Å². The van der Waals surface area contributed by atoms with Gasteiger partial charge in [-0.1, -0.05) is 0 Å². The van der Waals surface area contributed by atoms with Crippen molar-refractivity contribution >= 4 is 18.3 Å². The summed E-state index contributed by atoms with van der Waals surface area (Å²) in [7, 11) is 0. The van der Waals surface area contributed by atoms with E-state index in [2.05, 4.69) is 10.6 Å². The van der Waals surface area contributed by atoms with Gasteiger partial charge in [-0.2, -0.15) is 0 Å². The number of rotatable bonds is 3. The van der Waals surface area contributed by atoms with Gasteiger partial charge in [-0.3, -0.25) is 4.79 Å². The minimum absolute atomic E-state index is 0. The van der Waals surface area contributed by atoms with E-state index in [1.165, 1.54) is 44.9 Å². The first-order valence-corrected chi connectivity index (χ1v) is 8.78. The van der Waals surface area contributed by atoms with E-state index >= 15 is 0 Å². The molecule has 0 aromatic carbocycles. The van der Waals surface area contributed by atoms with E-state index in [-0.39, 0.29) is 12.4 Å². The molecule has 1 amide bonds. The zero-order chi connectivity index (χ0) is 13.5. The van der Waals surface area contributed by atoms with Crippen molar-refractivity contribution in [1.29, 1.82) is 0 Å². The van der Waals surface area contributed by atoms with E-state index in [1.54, 1.807) is 0 Å². The number of carbonyl (C=O) groups excluding carboxylic acids is 1. The molecule has 1 atom stereocenters. The van der Waals surface area contributed by atoms with Crippen LogP contribution in [-0.2, 0) is 4.79 Å². The third-order valence-electron chi connectivity index (χ3n) is 6.49. The largest absolute Gasteiger partial charge is 0.356 e. The van der Waals surface area contributed by atoms with E-state index < -0.39 is 0 Å². The molecule has 2 N–H and O–H groups in total. The molecule has 120 valence electrons. The molecular weight excluding hydrogens is 284 g/mol. The van der Waals surface area contributed by atoms with Crippen molar-refractivity contribution < 1.29 is 4.79 Å². The molecule has 0 aromatic heterocycles. The van der Waals surface area contributed by atoms with Gasteiger partial charge in [0.2, 0.25) is 5.91 Å². The van der Waals surface area contributed by atoms with Crippen LogP contribution >= 0.6 is 12.4 Å². The molecule has 4 saturated carbocycles. The molecule has 4 aliphatic carbocycles. The zero-order valence-corrected chi connectivity index (χ0v) is 13.7. The minimum atomic E-state index is 0. The van der Waals surface area contributed by atoms with Gasteiger partial charge < -0.3 is 10.6 Å². The van der Waals surface area contributed by atoms with Crippen LogP contribution in [0.4, 0.5) is 0 Å². The van der Waals surface area contributed by atoms with Crippen molar-refractivity contribution in [2.24, 2.45) is 35.5 Å². The van der Waals surface area contributed by atoms with Gasteiger partial charge in [0.05, 0.1) is 0 Å². The van der Waals surface area contributed by atoms with Gasteiger partial charge in [0.1, 0.15) is 0 Å². The Balaban J connectivity index is 0.00000132. The normalized spacial score (nSPS) is 44.2. The number of hydrogen-bond acceptors (Lipinski definition) is 2. The first kappa shape index (κ1) is 15.6. The molecule has 1 saturated heterocycles. The Hall–Kier alpha value is -0.280. The molecule has 5 fully saturated rings. The molecule has 3 nitrogen and oxygen atoms in total. The Bertz CT molecular complexity index is 353. The second-order valence-corrected chi connectivity index (χ2v) is 7.91. The molecule has 4 bridgehead atoms. The molecule has 4 heteroatoms. The van der Waals surface area contributed by atoms with Gasteiger partial charge >= 0.3 is 0 Å². The van der Waals surface area contributed by atoms with Gasteiger partial charge in [-0.15, -0.1) is 12.4 Å². The number of nitrogens with one attached hydrogen (secondary N) is 2. The predicted molar refractivity (Wildman–Crippen MR) is 86.4 cm³/mol. The third-order valence-corrected chi connectivity index (χ3v) is 6.49. The lowest BCUT2D eigenvalue weighted by atomic mass is 9.51. The summed E-state index contributed by atoms with van der Waals surface area (Å²) >= 11 is 0. The lowest BCUT2D eigenvalue weighted by Crippen LogP contribution is -2.51. The maximum atomic E-state index is 12.6. The Kier molecular flexibility index (Phi) is 4.80. The molecule has 21 heavy (non-hydrogen) atoms. The molecule has 5 rings (SSSR count). The van der Waals surface area contributed by atoms with E-state index in [4.69, 9.17) is 0 Å². The average molecular weight is 313 g/mol. The molecule has 1 heterocycles. The molecule has 0 aromatic rings. The number of carbonyl (C=O) groups is 1. The Morgan fingerprint density at radius 1 is 1.05 bits per heavy atom. The van der Waals surface area contributed by atoms with Crippen LogP contribution in [0.25, 0.3) is 0 Å². The maximum Gasteiger partial charge on any atom is 0.223 e. The highest BCUT2D eigenvalue weighted by Gasteiger charge is 2.50. The van der Waals surface area contributed by atoms with Gasteiger partial charge in [0, 0.05) is 12.5 Å². The van der Waals surface area contributed by atoms with Crippen molar-refractivity contribution in [1.82, 2.24) is 10.6 Å². The fourth-order valence-corrected chi connectivity index (χ4v) is 5.81. The van der Waals surface area contributed by atoms with Crippen LogP contribution in [0.2, 0.25) is 0 Å². The molecular formula is C17H29ClN2O. The fourth-order valence-electron chi connectivity index (χ4n) is 5.81. The topological polar surface area (TPSA) is 41.1 Å². The van der Waals surface area contributed by atoms with Gasteiger partial charge in [0.25, 0.3) is 0 Å². The average Bonchev–Trinajstić information content (AvgIpc) is 2.45. The first-order chi connectivity index (χ1) is 9.79. The van der Waals surface area contributed by atoms with Crippen LogP contribution in [0.5, 0.6) is 0 Å². The van der Waals surface area contributed by atoms with Crippen LogP contribution in [0.1, 0.15) is 44.9 Å². The summed E-state index contributed by atoms with van der Waals surface area (Å²) in [5, 5.41) is 6.74. The van der Waals surface area contributed by atoms with Crippen LogP contribution in [0, 0.1) is 35.5 Å². The highest BCUT2D eigenvalue weighted by Crippen LogP contribution is 2.56. The summed E-state index contributed by atoms with van der Waals surface area (Å²) in [5.74, 6) is 4.77. The van der Waals surface area contributed by atoms with E-state index in [0.29, 0.717) is 17.7 Å². The van der Waals surface area contributed by atoms with Gasteiger partial charge in [-0.25, -0.2) is 0 Å². The highest BCUT2D eigenvalue weighted by atomic mass is 35.5. The smallest absolute Gasteiger partial charge is 0.223 e. The number of halogens is 1. The van der Waals surface area contributed by atoms with Crippen LogP contribution in [-0.4, -0.2) is 25.5 Å². The monoisotopic (exact) mass is 312 g/mol. The Morgan fingerprint density at radius 2 is 1.71 bits per heavy atom. The molecule has 0 spiro atoms. The third kappa shape index (κ3) is 3.10. The van der Waals surface area contributed by atoms with Crippen LogP contribution in [0.3, 0.4) is 0 Å². The summed E-state index contributed by atoms with van der Waals surface area (Å²) in [6.45, 7) is 3.14. The highest BCUT2D eigenvalue weighted by molar-refractivity contribution is 5.85. The van der Waals surface area contributed by atoms with Gasteiger partial charge in [-0.05, 0) is 87.6 Å². The predicted octanol–water partition coefficient (Wildman–Crippen LogP) is 2.60. The molecule has 0 radical (unpaired) electrons. The SMILES string of the molecule is Cl.O=C(NCC1CCCNC1)C1C2CC3CC(C2)CC1C3. The number of piperidine rings is 1. The molecule has 5 aliphatic rings. The quantitative estimate of drug-likeness (QED) is 0.841. The second-order valence-electron chi connectivity index (χ2n) is 7.91. The minimum Gasteiger partial charge on any atom is -0.356 e.